The number of rotatable bonds is 4. The van der Waals surface area contributed by atoms with E-state index >= 15 is 0 Å². The lowest BCUT2D eigenvalue weighted by atomic mass is 10.1. The van der Waals surface area contributed by atoms with Gasteiger partial charge in [-0.05, 0) is 44.0 Å². The van der Waals surface area contributed by atoms with Gasteiger partial charge in [-0.2, -0.15) is 0 Å². The van der Waals surface area contributed by atoms with Crippen molar-refractivity contribution in [3.8, 4) is 0 Å². The average Bonchev–Trinajstić information content (AvgIpc) is 2.21. The van der Waals surface area contributed by atoms with Crippen LogP contribution in [0.15, 0.2) is 23.1 Å². The van der Waals surface area contributed by atoms with Crippen molar-refractivity contribution < 1.29 is 8.42 Å². The molecule has 94 valence electrons. The fourth-order valence-corrected chi connectivity index (χ4v) is 2.68. The lowest BCUT2D eigenvalue weighted by molar-refractivity contribution is 0.578. The molecule has 0 bridgehead atoms. The number of hydrogen-bond donors (Lipinski definition) is 2. The van der Waals surface area contributed by atoms with Crippen molar-refractivity contribution in [2.24, 2.45) is 5.73 Å². The number of sulfonamides is 1. The van der Waals surface area contributed by atoms with Crippen molar-refractivity contribution in [3.05, 3.63) is 29.3 Å². The van der Waals surface area contributed by atoms with E-state index < -0.39 is 16.1 Å². The smallest absolute Gasteiger partial charge is 0.241 e. The summed E-state index contributed by atoms with van der Waals surface area (Å²) in [5.41, 5.74) is 7.35. The molecule has 1 unspecified atom stereocenters. The zero-order chi connectivity index (χ0) is 13.2. The fourth-order valence-electron chi connectivity index (χ4n) is 1.24. The molecular formula is C11H16N2O2S2. The highest BCUT2D eigenvalue weighted by atomic mass is 32.2. The molecule has 0 amide bonds. The number of thiocarbonyl (C=S) groups is 1. The zero-order valence-electron chi connectivity index (χ0n) is 10.0. The predicted octanol–water partition coefficient (Wildman–Crippen LogP) is 1.26. The number of benzene rings is 1. The number of nitrogens with two attached hydrogens (primary N) is 1. The van der Waals surface area contributed by atoms with Crippen molar-refractivity contribution in [1.29, 1.82) is 0 Å². The molecule has 1 aromatic rings. The second-order valence-corrected chi connectivity index (χ2v) is 6.18. The van der Waals surface area contributed by atoms with Crippen LogP contribution in [0.3, 0.4) is 0 Å². The Morgan fingerprint density at radius 2 is 1.94 bits per heavy atom. The van der Waals surface area contributed by atoms with Gasteiger partial charge in [0.25, 0.3) is 0 Å². The maximum Gasteiger partial charge on any atom is 0.241 e. The van der Waals surface area contributed by atoms with Crippen molar-refractivity contribution in [2.75, 3.05) is 0 Å². The molecule has 0 aliphatic heterocycles. The predicted molar refractivity (Wildman–Crippen MR) is 72.5 cm³/mol. The number of hydrogen-bond acceptors (Lipinski definition) is 3. The van der Waals surface area contributed by atoms with E-state index in [4.69, 9.17) is 18.0 Å². The van der Waals surface area contributed by atoms with Gasteiger partial charge in [0.1, 0.15) is 0 Å². The minimum absolute atomic E-state index is 0.123. The van der Waals surface area contributed by atoms with Crippen LogP contribution in [-0.4, -0.2) is 19.4 Å². The van der Waals surface area contributed by atoms with Gasteiger partial charge in [0, 0.05) is 0 Å². The first-order chi connectivity index (χ1) is 7.74. The second-order valence-electron chi connectivity index (χ2n) is 3.99. The van der Waals surface area contributed by atoms with E-state index in [1.165, 1.54) is 0 Å². The van der Waals surface area contributed by atoms with E-state index in [0.717, 1.165) is 11.1 Å². The summed E-state index contributed by atoms with van der Waals surface area (Å²) in [5, 5.41) is 0. The van der Waals surface area contributed by atoms with Gasteiger partial charge in [-0.25, -0.2) is 13.1 Å². The quantitative estimate of drug-likeness (QED) is 0.809. The van der Waals surface area contributed by atoms with Crippen molar-refractivity contribution in [3.63, 3.8) is 0 Å². The molecule has 6 heteroatoms. The Morgan fingerprint density at radius 3 is 2.41 bits per heavy atom. The van der Waals surface area contributed by atoms with Crippen LogP contribution in [-0.2, 0) is 10.0 Å². The molecule has 4 nitrogen and oxygen atoms in total. The summed E-state index contributed by atoms with van der Waals surface area (Å²) in [6, 6.07) is 4.41. The van der Waals surface area contributed by atoms with Crippen LogP contribution in [0.2, 0.25) is 0 Å². The summed E-state index contributed by atoms with van der Waals surface area (Å²) in [6.07, 6.45) is 0. The Morgan fingerprint density at radius 1 is 1.35 bits per heavy atom. The van der Waals surface area contributed by atoms with E-state index in [0.29, 0.717) is 0 Å². The molecule has 0 fully saturated rings. The lowest BCUT2D eigenvalue weighted by Gasteiger charge is -2.13. The third-order valence-corrected chi connectivity index (χ3v) is 4.44. The highest BCUT2D eigenvalue weighted by Gasteiger charge is 2.18. The van der Waals surface area contributed by atoms with Gasteiger partial charge in [-0.15, -0.1) is 0 Å². The molecule has 0 aliphatic rings. The molecule has 0 radical (unpaired) electrons. The Hall–Kier alpha value is -0.980. The Bertz CT molecular complexity index is 538. The van der Waals surface area contributed by atoms with Gasteiger partial charge >= 0.3 is 0 Å². The van der Waals surface area contributed by atoms with Crippen LogP contribution in [0, 0.1) is 13.8 Å². The van der Waals surface area contributed by atoms with E-state index in [9.17, 15) is 8.42 Å². The minimum Gasteiger partial charge on any atom is -0.392 e. The summed E-state index contributed by atoms with van der Waals surface area (Å²) >= 11 is 4.73. The van der Waals surface area contributed by atoms with Gasteiger partial charge in [0.15, 0.2) is 0 Å². The molecule has 0 aromatic heterocycles. The van der Waals surface area contributed by atoms with Crippen LogP contribution in [0.25, 0.3) is 0 Å². The summed E-state index contributed by atoms with van der Waals surface area (Å²) in [7, 11) is -3.56. The molecule has 0 saturated carbocycles. The van der Waals surface area contributed by atoms with Crippen LogP contribution in [0.4, 0.5) is 0 Å². The number of nitrogens with one attached hydrogen (secondary N) is 1. The monoisotopic (exact) mass is 272 g/mol. The molecule has 0 aliphatic carbocycles. The SMILES string of the molecule is Cc1ccc(S(=O)(=O)NC(C)C(N)=S)cc1C. The standard InChI is InChI=1S/C11H16N2O2S2/c1-7-4-5-10(6-8(7)2)17(14,15)13-9(3)11(12)16/h4-6,9,13H,1-3H3,(H2,12,16). The molecular weight excluding hydrogens is 256 g/mol. The third-order valence-electron chi connectivity index (χ3n) is 2.55. The Balaban J connectivity index is 3.05. The largest absolute Gasteiger partial charge is 0.392 e. The first-order valence-corrected chi connectivity index (χ1v) is 7.02. The first kappa shape index (κ1) is 14.1. The molecule has 3 N–H and O–H groups in total. The first-order valence-electron chi connectivity index (χ1n) is 5.13. The lowest BCUT2D eigenvalue weighted by Crippen LogP contribution is -2.41. The highest BCUT2D eigenvalue weighted by Crippen LogP contribution is 2.14. The average molecular weight is 272 g/mol. The minimum atomic E-state index is -3.56. The second kappa shape index (κ2) is 5.12. The molecule has 0 heterocycles. The van der Waals surface area contributed by atoms with Gasteiger partial charge < -0.3 is 5.73 Å². The zero-order valence-corrected chi connectivity index (χ0v) is 11.7. The van der Waals surface area contributed by atoms with Crippen molar-refractivity contribution in [1.82, 2.24) is 4.72 Å². The van der Waals surface area contributed by atoms with Gasteiger partial charge in [-0.3, -0.25) is 0 Å². The van der Waals surface area contributed by atoms with E-state index in [-0.39, 0.29) is 9.88 Å². The Kier molecular flexibility index (Phi) is 4.24. The maximum atomic E-state index is 12.0. The number of aryl methyl sites for hydroxylation is 2. The van der Waals surface area contributed by atoms with Crippen molar-refractivity contribution >= 4 is 27.2 Å². The molecule has 1 rings (SSSR count). The van der Waals surface area contributed by atoms with Crippen LogP contribution in [0.5, 0.6) is 0 Å². The van der Waals surface area contributed by atoms with Gasteiger partial charge in [0.2, 0.25) is 10.0 Å². The summed E-state index contributed by atoms with van der Waals surface area (Å²) in [6.45, 7) is 5.41. The van der Waals surface area contributed by atoms with E-state index in [1.54, 1.807) is 25.1 Å². The van der Waals surface area contributed by atoms with Crippen LogP contribution in [0.1, 0.15) is 18.1 Å². The molecule has 0 spiro atoms. The fraction of sp³-hybridized carbons (Fsp3) is 0.364. The van der Waals surface area contributed by atoms with Crippen molar-refractivity contribution in [2.45, 2.75) is 31.7 Å². The van der Waals surface area contributed by atoms with Crippen LogP contribution >= 0.6 is 12.2 Å². The molecule has 1 atom stereocenters. The maximum absolute atomic E-state index is 12.0. The van der Waals surface area contributed by atoms with Crippen LogP contribution < -0.4 is 10.5 Å². The highest BCUT2D eigenvalue weighted by molar-refractivity contribution is 7.89. The summed E-state index contributed by atoms with van der Waals surface area (Å²) in [4.78, 5) is 0.348. The molecule has 17 heavy (non-hydrogen) atoms. The molecule has 0 saturated heterocycles. The molecule has 1 aromatic carbocycles. The normalized spacial score (nSPS) is 13.4. The van der Waals surface area contributed by atoms with E-state index in [2.05, 4.69) is 4.72 Å². The van der Waals surface area contributed by atoms with Gasteiger partial charge in [0.05, 0.1) is 15.9 Å². The Labute approximate surface area is 107 Å². The third kappa shape index (κ3) is 3.49. The van der Waals surface area contributed by atoms with E-state index in [1.807, 2.05) is 13.8 Å². The summed E-state index contributed by atoms with van der Waals surface area (Å²) < 4.78 is 26.4. The van der Waals surface area contributed by atoms with Gasteiger partial charge in [-0.1, -0.05) is 18.3 Å². The summed E-state index contributed by atoms with van der Waals surface area (Å²) in [5.74, 6) is 0. The topological polar surface area (TPSA) is 72.2 Å².